The number of amides is 1. The number of anilines is 2. The van der Waals surface area contributed by atoms with E-state index in [1.807, 2.05) is 0 Å². The smallest absolute Gasteiger partial charge is 0.229 e. The molecule has 7 nitrogen and oxygen atoms in total. The van der Waals surface area contributed by atoms with Crippen molar-refractivity contribution in [2.24, 2.45) is 0 Å². The predicted molar refractivity (Wildman–Crippen MR) is 76.9 cm³/mol. The number of hydrogen-bond donors (Lipinski definition) is 2. The van der Waals surface area contributed by atoms with Crippen LogP contribution in [0.5, 0.6) is 11.5 Å². The van der Waals surface area contributed by atoms with Crippen molar-refractivity contribution in [2.45, 2.75) is 13.3 Å². The van der Waals surface area contributed by atoms with Gasteiger partial charge >= 0.3 is 0 Å². The molecule has 0 saturated heterocycles. The third-order valence-corrected chi connectivity index (χ3v) is 3.00. The molecule has 0 fully saturated rings. The minimum absolute atomic E-state index is 0.186. The first-order chi connectivity index (χ1) is 9.30. The largest absolute Gasteiger partial charge is 0.494 e. The van der Waals surface area contributed by atoms with E-state index in [0.29, 0.717) is 17.9 Å². The first-order valence-corrected chi connectivity index (χ1v) is 7.73. The standard InChI is InChI=1S/C12H18N2O5S/c1-5-12(15)13-8-6-11(19-3)9(7-10(8)18-2)14-20(4,16)17/h6-7,14H,5H2,1-4H3,(H,13,15). The lowest BCUT2D eigenvalue weighted by Crippen LogP contribution is -2.13. The number of carbonyl (C=O) groups is 1. The third kappa shape index (κ3) is 4.30. The zero-order valence-corrected chi connectivity index (χ0v) is 12.6. The number of methoxy groups -OCH3 is 2. The van der Waals surface area contributed by atoms with Crippen LogP contribution < -0.4 is 19.5 Å². The van der Waals surface area contributed by atoms with Gasteiger partial charge in [0.1, 0.15) is 11.5 Å². The molecule has 2 N–H and O–H groups in total. The van der Waals surface area contributed by atoms with Gasteiger partial charge in [-0.1, -0.05) is 6.92 Å². The van der Waals surface area contributed by atoms with Crippen molar-refractivity contribution in [1.82, 2.24) is 0 Å². The van der Waals surface area contributed by atoms with Crippen LogP contribution in [0.15, 0.2) is 12.1 Å². The second-order valence-corrected chi connectivity index (χ2v) is 5.78. The van der Waals surface area contributed by atoms with Crippen LogP contribution in [-0.4, -0.2) is 34.8 Å². The third-order valence-electron chi connectivity index (χ3n) is 2.41. The molecule has 0 heterocycles. The van der Waals surface area contributed by atoms with Crippen LogP contribution in [0, 0.1) is 0 Å². The molecule has 20 heavy (non-hydrogen) atoms. The van der Waals surface area contributed by atoms with Gasteiger partial charge in [-0.05, 0) is 0 Å². The highest BCUT2D eigenvalue weighted by atomic mass is 32.2. The van der Waals surface area contributed by atoms with E-state index in [2.05, 4.69) is 10.0 Å². The van der Waals surface area contributed by atoms with Gasteiger partial charge in [-0.2, -0.15) is 0 Å². The highest BCUT2D eigenvalue weighted by molar-refractivity contribution is 7.92. The van der Waals surface area contributed by atoms with Crippen molar-refractivity contribution in [1.29, 1.82) is 0 Å². The predicted octanol–water partition coefficient (Wildman–Crippen LogP) is 1.42. The molecule has 8 heteroatoms. The second kappa shape index (κ2) is 6.47. The van der Waals surface area contributed by atoms with E-state index in [-0.39, 0.29) is 17.3 Å². The van der Waals surface area contributed by atoms with Crippen LogP contribution in [0.2, 0.25) is 0 Å². The second-order valence-electron chi connectivity index (χ2n) is 4.03. The van der Waals surface area contributed by atoms with Crippen molar-refractivity contribution >= 4 is 27.3 Å². The molecule has 0 bridgehead atoms. The molecular weight excluding hydrogens is 284 g/mol. The summed E-state index contributed by atoms with van der Waals surface area (Å²) < 4.78 is 35.2. The average Bonchev–Trinajstić information content (AvgIpc) is 2.37. The Hall–Kier alpha value is -1.96. The van der Waals surface area contributed by atoms with E-state index in [9.17, 15) is 13.2 Å². The van der Waals surface area contributed by atoms with E-state index in [1.165, 1.54) is 26.4 Å². The topological polar surface area (TPSA) is 93.7 Å². The lowest BCUT2D eigenvalue weighted by molar-refractivity contribution is -0.115. The van der Waals surface area contributed by atoms with Crippen LogP contribution in [0.25, 0.3) is 0 Å². The van der Waals surface area contributed by atoms with Gasteiger partial charge in [-0.25, -0.2) is 8.42 Å². The maximum Gasteiger partial charge on any atom is 0.229 e. The normalized spacial score (nSPS) is 10.8. The first-order valence-electron chi connectivity index (χ1n) is 5.84. The molecule has 1 aromatic rings. The summed E-state index contributed by atoms with van der Waals surface area (Å²) in [4.78, 5) is 11.4. The van der Waals surface area contributed by atoms with Gasteiger partial charge < -0.3 is 14.8 Å². The van der Waals surface area contributed by atoms with Crippen LogP contribution in [0.1, 0.15) is 13.3 Å². The molecule has 1 amide bonds. The Balaban J connectivity index is 3.26. The van der Waals surface area contributed by atoms with Crippen LogP contribution in [0.3, 0.4) is 0 Å². The Morgan fingerprint density at radius 1 is 1.15 bits per heavy atom. The van der Waals surface area contributed by atoms with Gasteiger partial charge in [-0.15, -0.1) is 0 Å². The summed E-state index contributed by atoms with van der Waals surface area (Å²) >= 11 is 0. The number of nitrogens with one attached hydrogen (secondary N) is 2. The quantitative estimate of drug-likeness (QED) is 0.829. The fourth-order valence-corrected chi connectivity index (χ4v) is 2.07. The Morgan fingerprint density at radius 2 is 1.65 bits per heavy atom. The van der Waals surface area contributed by atoms with Gasteiger partial charge in [0.25, 0.3) is 0 Å². The number of benzene rings is 1. The van der Waals surface area contributed by atoms with Gasteiger partial charge in [0, 0.05) is 18.6 Å². The van der Waals surface area contributed by atoms with Crippen LogP contribution in [0.4, 0.5) is 11.4 Å². The van der Waals surface area contributed by atoms with E-state index < -0.39 is 10.0 Å². The highest BCUT2D eigenvalue weighted by Crippen LogP contribution is 2.36. The summed E-state index contributed by atoms with van der Waals surface area (Å²) in [6.45, 7) is 1.72. The molecule has 1 rings (SSSR count). The van der Waals surface area contributed by atoms with Gasteiger partial charge in [0.15, 0.2) is 0 Å². The maximum atomic E-state index is 11.4. The molecule has 0 aliphatic carbocycles. The van der Waals surface area contributed by atoms with Gasteiger partial charge in [0.2, 0.25) is 15.9 Å². The monoisotopic (exact) mass is 302 g/mol. The molecule has 0 unspecified atom stereocenters. The van der Waals surface area contributed by atoms with Crippen molar-refractivity contribution in [3.05, 3.63) is 12.1 Å². The van der Waals surface area contributed by atoms with E-state index >= 15 is 0 Å². The summed E-state index contributed by atoms with van der Waals surface area (Å²) in [7, 11) is -0.621. The summed E-state index contributed by atoms with van der Waals surface area (Å²) in [6.07, 6.45) is 1.35. The molecule has 0 saturated carbocycles. The maximum absolute atomic E-state index is 11.4. The summed E-state index contributed by atoms with van der Waals surface area (Å²) in [5, 5.41) is 2.65. The zero-order valence-electron chi connectivity index (χ0n) is 11.8. The van der Waals surface area contributed by atoms with Crippen LogP contribution >= 0.6 is 0 Å². The molecule has 0 radical (unpaired) electrons. The lowest BCUT2D eigenvalue weighted by atomic mass is 10.2. The van der Waals surface area contributed by atoms with E-state index in [0.717, 1.165) is 6.26 Å². The fourth-order valence-electron chi connectivity index (χ4n) is 1.51. The Morgan fingerprint density at radius 3 is 2.10 bits per heavy atom. The Labute approximate surface area is 118 Å². The number of carbonyl (C=O) groups excluding carboxylic acids is 1. The van der Waals surface area contributed by atoms with E-state index in [4.69, 9.17) is 9.47 Å². The highest BCUT2D eigenvalue weighted by Gasteiger charge is 2.15. The molecule has 112 valence electrons. The Bertz CT molecular complexity index is 598. The van der Waals surface area contributed by atoms with Crippen molar-refractivity contribution in [2.75, 3.05) is 30.5 Å². The first kappa shape index (κ1) is 16.1. The van der Waals surface area contributed by atoms with Crippen LogP contribution in [-0.2, 0) is 14.8 Å². The average molecular weight is 302 g/mol. The number of rotatable bonds is 6. The molecular formula is C12H18N2O5S. The summed E-state index contributed by atoms with van der Waals surface area (Å²) in [6, 6.07) is 2.95. The van der Waals surface area contributed by atoms with Crippen molar-refractivity contribution in [3.63, 3.8) is 0 Å². The summed E-state index contributed by atoms with van der Waals surface area (Å²) in [5.74, 6) is 0.426. The molecule has 0 aromatic heterocycles. The molecule has 0 spiro atoms. The molecule has 0 aliphatic heterocycles. The molecule has 0 aliphatic rings. The van der Waals surface area contributed by atoms with Crippen molar-refractivity contribution in [3.8, 4) is 11.5 Å². The Kier molecular flexibility index (Phi) is 5.20. The van der Waals surface area contributed by atoms with Gasteiger partial charge in [-0.3, -0.25) is 9.52 Å². The minimum atomic E-state index is -3.45. The van der Waals surface area contributed by atoms with E-state index in [1.54, 1.807) is 6.92 Å². The van der Waals surface area contributed by atoms with Gasteiger partial charge in [0.05, 0.1) is 31.9 Å². The fraction of sp³-hybridized carbons (Fsp3) is 0.417. The molecule has 0 atom stereocenters. The number of ether oxygens (including phenoxy) is 2. The minimum Gasteiger partial charge on any atom is -0.494 e. The number of hydrogen-bond acceptors (Lipinski definition) is 5. The lowest BCUT2D eigenvalue weighted by Gasteiger charge is -2.15. The molecule has 1 aromatic carbocycles. The summed E-state index contributed by atoms with van der Waals surface area (Å²) in [5.41, 5.74) is 0.650. The zero-order chi connectivity index (χ0) is 15.3. The SMILES string of the molecule is CCC(=O)Nc1cc(OC)c(NS(C)(=O)=O)cc1OC. The number of sulfonamides is 1. The van der Waals surface area contributed by atoms with Crippen molar-refractivity contribution < 1.29 is 22.7 Å².